The lowest BCUT2D eigenvalue weighted by Crippen LogP contribution is -2.43. The lowest BCUT2D eigenvalue weighted by atomic mass is 10.0. The monoisotopic (exact) mass is 230 g/mol. The van der Waals surface area contributed by atoms with E-state index in [0.29, 0.717) is 6.07 Å². The van der Waals surface area contributed by atoms with Gasteiger partial charge in [0.25, 0.3) is 0 Å². The summed E-state index contributed by atoms with van der Waals surface area (Å²) in [5, 5.41) is 0. The molecular formula is C14H23BN2. The summed E-state index contributed by atoms with van der Waals surface area (Å²) >= 11 is 0. The van der Waals surface area contributed by atoms with Crippen molar-refractivity contribution >= 4 is 13.5 Å². The number of nitrogens with zero attached hydrogens (tertiary/aromatic N) is 2. The summed E-state index contributed by atoms with van der Waals surface area (Å²) in [4.78, 5) is 4.52. The fourth-order valence-electron chi connectivity index (χ4n) is 1.93. The first-order valence-corrected chi connectivity index (χ1v) is 6.12. The highest BCUT2D eigenvalue weighted by molar-refractivity contribution is 6.13. The largest absolute Gasteiger partial charge is 0.369 e. The minimum Gasteiger partial charge on any atom is -0.369 e. The van der Waals surface area contributed by atoms with E-state index < -0.39 is 0 Å². The van der Waals surface area contributed by atoms with E-state index in [1.54, 1.807) is 0 Å². The Morgan fingerprint density at radius 3 is 2.47 bits per heavy atom. The third-order valence-electron chi connectivity index (χ3n) is 3.28. The molecule has 0 aliphatic rings. The number of aryl methyl sites for hydroxylation is 2. The molecule has 1 atom stereocenters. The molecule has 0 fully saturated rings. The van der Waals surface area contributed by atoms with Crippen LogP contribution in [0.5, 0.6) is 0 Å². The lowest BCUT2D eigenvalue weighted by molar-refractivity contribution is 0.414. The van der Waals surface area contributed by atoms with E-state index >= 15 is 0 Å². The molecule has 0 aromatic heterocycles. The molecule has 0 aliphatic carbocycles. The first-order chi connectivity index (χ1) is 7.97. The summed E-state index contributed by atoms with van der Waals surface area (Å²) in [5.41, 5.74) is 3.92. The first-order valence-electron chi connectivity index (χ1n) is 6.12. The average molecular weight is 230 g/mol. The van der Waals surface area contributed by atoms with Gasteiger partial charge in [0.05, 0.1) is 6.07 Å². The standard InChI is InChI=1S/C14H23BN2/c1-6-9-16(4)14(15)17(5)13-10-11(2)7-8-12(13)3/h6-10,14H,15H2,1-5H3/b9-6-. The van der Waals surface area contributed by atoms with Crippen molar-refractivity contribution in [2.45, 2.75) is 26.8 Å². The van der Waals surface area contributed by atoms with E-state index in [1.807, 2.05) is 6.92 Å². The fraction of sp³-hybridized carbons (Fsp3) is 0.429. The summed E-state index contributed by atoms with van der Waals surface area (Å²) < 4.78 is 0. The summed E-state index contributed by atoms with van der Waals surface area (Å²) in [5.74, 6) is 0. The normalized spacial score (nSPS) is 12.8. The maximum atomic E-state index is 2.31. The van der Waals surface area contributed by atoms with Crippen molar-refractivity contribution in [3.8, 4) is 0 Å². The maximum absolute atomic E-state index is 2.31. The van der Waals surface area contributed by atoms with Gasteiger partial charge in [0.2, 0.25) is 0 Å². The number of rotatable bonds is 4. The van der Waals surface area contributed by atoms with Gasteiger partial charge < -0.3 is 9.80 Å². The Morgan fingerprint density at radius 1 is 1.24 bits per heavy atom. The third kappa shape index (κ3) is 3.29. The second-order valence-corrected chi connectivity index (χ2v) is 4.68. The minimum absolute atomic E-state index is 0.340. The van der Waals surface area contributed by atoms with Crippen LogP contribution in [0.4, 0.5) is 5.69 Å². The second kappa shape index (κ2) is 5.81. The number of anilines is 1. The molecule has 0 spiro atoms. The van der Waals surface area contributed by atoms with Gasteiger partial charge >= 0.3 is 0 Å². The van der Waals surface area contributed by atoms with Crippen molar-refractivity contribution < 1.29 is 0 Å². The fourth-order valence-corrected chi connectivity index (χ4v) is 1.93. The van der Waals surface area contributed by atoms with Crippen LogP contribution in [0.2, 0.25) is 0 Å². The highest BCUT2D eigenvalue weighted by Crippen LogP contribution is 2.22. The summed E-state index contributed by atoms with van der Waals surface area (Å²) in [7, 11) is 6.46. The van der Waals surface area contributed by atoms with E-state index in [1.165, 1.54) is 16.8 Å². The van der Waals surface area contributed by atoms with Gasteiger partial charge in [-0.25, -0.2) is 0 Å². The Labute approximate surface area is 106 Å². The Bertz CT molecular complexity index is 401. The van der Waals surface area contributed by atoms with Crippen LogP contribution in [0.3, 0.4) is 0 Å². The lowest BCUT2D eigenvalue weighted by Gasteiger charge is -2.35. The van der Waals surface area contributed by atoms with Crippen LogP contribution in [0.15, 0.2) is 30.5 Å². The minimum atomic E-state index is 0.340. The number of hydrogen-bond donors (Lipinski definition) is 0. The van der Waals surface area contributed by atoms with E-state index in [-0.39, 0.29) is 0 Å². The molecule has 1 aromatic carbocycles. The maximum Gasteiger partial charge on any atom is 0.157 e. The predicted octanol–water partition coefficient (Wildman–Crippen LogP) is 2.12. The third-order valence-corrected chi connectivity index (χ3v) is 3.28. The molecule has 0 N–H and O–H groups in total. The molecule has 3 heteroatoms. The SMILES string of the molecule is BC(N(C)/C=C\C)N(C)c1cc(C)ccc1C. The van der Waals surface area contributed by atoms with Gasteiger partial charge in [-0.05, 0) is 44.2 Å². The van der Waals surface area contributed by atoms with Gasteiger partial charge in [-0.3, -0.25) is 0 Å². The van der Waals surface area contributed by atoms with E-state index in [2.05, 4.69) is 76.1 Å². The zero-order valence-electron chi connectivity index (χ0n) is 11.9. The van der Waals surface area contributed by atoms with Crippen molar-refractivity contribution in [1.29, 1.82) is 0 Å². The Kier molecular flexibility index (Phi) is 4.67. The Hall–Kier alpha value is -1.38. The molecule has 17 heavy (non-hydrogen) atoms. The van der Waals surface area contributed by atoms with Crippen molar-refractivity contribution in [1.82, 2.24) is 4.90 Å². The van der Waals surface area contributed by atoms with Gasteiger partial charge in [0.1, 0.15) is 0 Å². The molecule has 2 nitrogen and oxygen atoms in total. The molecule has 0 aliphatic heterocycles. The molecule has 92 valence electrons. The summed E-state index contributed by atoms with van der Waals surface area (Å²) in [6.45, 7) is 6.34. The van der Waals surface area contributed by atoms with Crippen LogP contribution >= 0.6 is 0 Å². The Morgan fingerprint density at radius 2 is 1.88 bits per heavy atom. The smallest absolute Gasteiger partial charge is 0.157 e. The summed E-state index contributed by atoms with van der Waals surface area (Å²) in [6, 6.07) is 6.93. The molecule has 1 aromatic rings. The zero-order valence-corrected chi connectivity index (χ0v) is 11.9. The molecule has 0 saturated heterocycles. The van der Waals surface area contributed by atoms with Crippen LogP contribution in [0.25, 0.3) is 0 Å². The van der Waals surface area contributed by atoms with Crippen LogP contribution in [-0.2, 0) is 0 Å². The van der Waals surface area contributed by atoms with Crippen LogP contribution in [-0.4, -0.2) is 32.9 Å². The highest BCUT2D eigenvalue weighted by atomic mass is 15.3. The van der Waals surface area contributed by atoms with Gasteiger partial charge in [-0.2, -0.15) is 0 Å². The second-order valence-electron chi connectivity index (χ2n) is 4.68. The topological polar surface area (TPSA) is 6.48 Å². The van der Waals surface area contributed by atoms with Crippen molar-refractivity contribution in [3.05, 3.63) is 41.6 Å². The van der Waals surface area contributed by atoms with E-state index in [9.17, 15) is 0 Å². The zero-order chi connectivity index (χ0) is 13.0. The molecule has 0 saturated carbocycles. The van der Waals surface area contributed by atoms with E-state index in [0.717, 1.165) is 0 Å². The van der Waals surface area contributed by atoms with Gasteiger partial charge in [0.15, 0.2) is 7.85 Å². The number of allylic oxidation sites excluding steroid dienone is 1. The number of hydrogen-bond acceptors (Lipinski definition) is 2. The number of benzene rings is 1. The van der Waals surface area contributed by atoms with Crippen molar-refractivity contribution in [2.24, 2.45) is 0 Å². The molecule has 0 amide bonds. The van der Waals surface area contributed by atoms with Gasteiger partial charge in [0, 0.05) is 19.8 Å². The Balaban J connectivity index is 2.95. The summed E-state index contributed by atoms with van der Waals surface area (Å²) in [6.07, 6.45) is 4.17. The average Bonchev–Trinajstić information content (AvgIpc) is 2.30. The highest BCUT2D eigenvalue weighted by Gasteiger charge is 2.14. The van der Waals surface area contributed by atoms with Gasteiger partial charge in [-0.15, -0.1) is 0 Å². The molecule has 1 rings (SSSR count). The molecule has 0 radical (unpaired) electrons. The van der Waals surface area contributed by atoms with E-state index in [4.69, 9.17) is 0 Å². The first kappa shape index (κ1) is 13.7. The molecular weight excluding hydrogens is 207 g/mol. The molecule has 0 heterocycles. The van der Waals surface area contributed by atoms with Crippen LogP contribution in [0.1, 0.15) is 18.1 Å². The van der Waals surface area contributed by atoms with Gasteiger partial charge in [-0.1, -0.05) is 18.2 Å². The van der Waals surface area contributed by atoms with Crippen LogP contribution in [0, 0.1) is 13.8 Å². The molecule has 0 bridgehead atoms. The van der Waals surface area contributed by atoms with Crippen molar-refractivity contribution in [2.75, 3.05) is 19.0 Å². The van der Waals surface area contributed by atoms with Crippen molar-refractivity contribution in [3.63, 3.8) is 0 Å². The quantitative estimate of drug-likeness (QED) is 0.577. The van der Waals surface area contributed by atoms with Crippen LogP contribution < -0.4 is 4.90 Å². The molecule has 1 unspecified atom stereocenters. The predicted molar refractivity (Wildman–Crippen MR) is 79.2 cm³/mol.